The lowest BCUT2D eigenvalue weighted by Crippen LogP contribution is -2.60. The summed E-state index contributed by atoms with van der Waals surface area (Å²) < 4.78 is 0. The molecule has 14 nitrogen and oxygen atoms in total. The first kappa shape index (κ1) is 28.9. The smallest absolute Gasteiger partial charge is 0.326 e. The molecular weight excluding hydrogens is 470 g/mol. The zero-order valence-electron chi connectivity index (χ0n) is 18.8. The lowest BCUT2D eigenvalue weighted by atomic mass is 10.1. The average Bonchev–Trinajstić information content (AvgIpc) is 3.26. The minimum absolute atomic E-state index is 0.140. The Labute approximate surface area is 200 Å². The van der Waals surface area contributed by atoms with E-state index >= 15 is 0 Å². The van der Waals surface area contributed by atoms with Crippen LogP contribution in [0.15, 0.2) is 12.5 Å². The number of aromatic amines is 1. The first-order valence-electron chi connectivity index (χ1n) is 10.3. The highest BCUT2D eigenvalue weighted by Crippen LogP contribution is 2.04. The van der Waals surface area contributed by atoms with E-state index in [4.69, 9.17) is 11.5 Å². The third-order valence-electron chi connectivity index (χ3n) is 4.66. The number of carbonyl (C=O) groups excluding carboxylic acids is 4. The zero-order chi connectivity index (χ0) is 25.8. The van der Waals surface area contributed by atoms with Gasteiger partial charge in [-0.1, -0.05) is 0 Å². The number of aromatic nitrogens is 2. The molecule has 1 heterocycles. The Morgan fingerprint density at radius 2 is 1.76 bits per heavy atom. The van der Waals surface area contributed by atoms with Crippen molar-refractivity contribution in [1.82, 2.24) is 25.9 Å². The maximum absolute atomic E-state index is 12.7. The number of carboxylic acid groups (broad SMARTS) is 1. The van der Waals surface area contributed by atoms with Crippen LogP contribution < -0.4 is 27.4 Å². The Morgan fingerprint density at radius 3 is 2.26 bits per heavy atom. The van der Waals surface area contributed by atoms with Crippen LogP contribution in [-0.2, 0) is 30.4 Å². The Kier molecular flexibility index (Phi) is 12.0. The molecule has 1 rings (SSSR count). The number of hydrogen-bond donors (Lipinski definition) is 8. The molecule has 0 bridgehead atoms. The summed E-state index contributed by atoms with van der Waals surface area (Å²) in [5, 5.41) is 26.2. The van der Waals surface area contributed by atoms with Crippen LogP contribution in [0, 0.1) is 0 Å². The number of aliphatic hydroxyl groups is 1. The van der Waals surface area contributed by atoms with Crippen molar-refractivity contribution in [3.63, 3.8) is 0 Å². The van der Waals surface area contributed by atoms with Gasteiger partial charge < -0.3 is 42.6 Å². The molecule has 0 saturated heterocycles. The van der Waals surface area contributed by atoms with Crippen LogP contribution in [0.25, 0.3) is 0 Å². The van der Waals surface area contributed by atoms with E-state index in [9.17, 15) is 34.2 Å². The molecule has 0 spiro atoms. The summed E-state index contributed by atoms with van der Waals surface area (Å²) in [5.41, 5.74) is 11.4. The number of carboxylic acids is 1. The van der Waals surface area contributed by atoms with E-state index in [2.05, 4.69) is 25.9 Å². The summed E-state index contributed by atoms with van der Waals surface area (Å²) in [5.74, 6) is -4.37. The molecule has 34 heavy (non-hydrogen) atoms. The Balaban J connectivity index is 2.93. The summed E-state index contributed by atoms with van der Waals surface area (Å²) in [6, 6.07) is -5.37. The summed E-state index contributed by atoms with van der Waals surface area (Å²) in [4.78, 5) is 67.2. The van der Waals surface area contributed by atoms with Gasteiger partial charge in [0.25, 0.3) is 0 Å². The third kappa shape index (κ3) is 9.76. The molecule has 15 heteroatoms. The van der Waals surface area contributed by atoms with Crippen molar-refractivity contribution in [2.24, 2.45) is 11.5 Å². The third-order valence-corrected chi connectivity index (χ3v) is 5.31. The highest BCUT2D eigenvalue weighted by molar-refractivity contribution is 7.98. The molecule has 10 N–H and O–H groups in total. The van der Waals surface area contributed by atoms with Gasteiger partial charge in [-0.25, -0.2) is 9.78 Å². The molecule has 5 unspecified atom stereocenters. The van der Waals surface area contributed by atoms with E-state index in [1.807, 2.05) is 6.26 Å². The van der Waals surface area contributed by atoms with Crippen molar-refractivity contribution >= 4 is 41.4 Å². The number of rotatable bonds is 15. The zero-order valence-corrected chi connectivity index (χ0v) is 19.6. The molecule has 0 radical (unpaired) electrons. The second-order valence-corrected chi connectivity index (χ2v) is 8.51. The first-order chi connectivity index (χ1) is 16.0. The molecule has 190 valence electrons. The maximum Gasteiger partial charge on any atom is 0.326 e. The predicted molar refractivity (Wildman–Crippen MR) is 122 cm³/mol. The van der Waals surface area contributed by atoms with E-state index in [0.717, 1.165) is 0 Å². The van der Waals surface area contributed by atoms with E-state index in [-0.39, 0.29) is 6.42 Å². The summed E-state index contributed by atoms with van der Waals surface area (Å²) >= 11 is 1.48. The summed E-state index contributed by atoms with van der Waals surface area (Å²) in [7, 11) is 0. The standard InChI is InChI=1S/C19H31N7O7S/c1-9(27)15(26-16(29)11(20)3-4-34-2)18(31)24-12(6-14(21)28)17(30)25-13(19(32)33)5-10-7-22-8-23-10/h7-9,11-13,15,27H,3-6,20H2,1-2H3,(H2,21,28)(H,22,23)(H,24,31)(H,25,30)(H,26,29)(H,32,33). The van der Waals surface area contributed by atoms with Gasteiger partial charge in [0.05, 0.1) is 24.9 Å². The van der Waals surface area contributed by atoms with E-state index in [1.165, 1.54) is 31.2 Å². The number of nitrogens with two attached hydrogens (primary N) is 2. The van der Waals surface area contributed by atoms with Crippen LogP contribution in [0.1, 0.15) is 25.5 Å². The van der Waals surface area contributed by atoms with Crippen LogP contribution >= 0.6 is 11.8 Å². The number of nitrogens with zero attached hydrogens (tertiary/aromatic N) is 1. The number of carbonyl (C=O) groups is 5. The topological polar surface area (TPSA) is 243 Å². The van der Waals surface area contributed by atoms with Crippen molar-refractivity contribution in [1.29, 1.82) is 0 Å². The van der Waals surface area contributed by atoms with Gasteiger partial charge in [0.1, 0.15) is 18.1 Å². The van der Waals surface area contributed by atoms with Crippen LogP contribution in [0.4, 0.5) is 0 Å². The van der Waals surface area contributed by atoms with Gasteiger partial charge in [-0.2, -0.15) is 11.8 Å². The summed E-state index contributed by atoms with van der Waals surface area (Å²) in [6.07, 6.45) is 2.72. The number of hydrogen-bond acceptors (Lipinski definition) is 9. The lowest BCUT2D eigenvalue weighted by molar-refractivity contribution is -0.142. The van der Waals surface area contributed by atoms with Crippen LogP contribution in [0.5, 0.6) is 0 Å². The Bertz CT molecular complexity index is 850. The van der Waals surface area contributed by atoms with Crippen molar-refractivity contribution in [3.8, 4) is 0 Å². The first-order valence-corrected chi connectivity index (χ1v) is 11.7. The van der Waals surface area contributed by atoms with Gasteiger partial charge in [-0.05, 0) is 25.4 Å². The van der Waals surface area contributed by atoms with Gasteiger partial charge in [0, 0.05) is 18.3 Å². The molecule has 1 aromatic heterocycles. The molecule has 1 aromatic rings. The predicted octanol–water partition coefficient (Wildman–Crippen LogP) is -3.17. The Morgan fingerprint density at radius 1 is 1.12 bits per heavy atom. The van der Waals surface area contributed by atoms with Crippen LogP contribution in [0.2, 0.25) is 0 Å². The highest BCUT2D eigenvalue weighted by atomic mass is 32.2. The van der Waals surface area contributed by atoms with Gasteiger partial charge in [-0.15, -0.1) is 0 Å². The highest BCUT2D eigenvalue weighted by Gasteiger charge is 2.33. The Hall–Kier alpha value is -3.17. The molecule has 0 aliphatic carbocycles. The SMILES string of the molecule is CSCCC(N)C(=O)NC(C(=O)NC(CC(N)=O)C(=O)NC(Cc1cnc[nH]1)C(=O)O)C(C)O. The van der Waals surface area contributed by atoms with Crippen molar-refractivity contribution < 1.29 is 34.2 Å². The van der Waals surface area contributed by atoms with E-state index in [0.29, 0.717) is 17.9 Å². The number of thioether (sulfide) groups is 1. The second kappa shape index (κ2) is 14.2. The number of H-pyrrole nitrogens is 1. The fraction of sp³-hybridized carbons (Fsp3) is 0.579. The minimum Gasteiger partial charge on any atom is -0.480 e. The van der Waals surface area contributed by atoms with Crippen molar-refractivity contribution in [2.75, 3.05) is 12.0 Å². The van der Waals surface area contributed by atoms with Gasteiger partial charge in [0.2, 0.25) is 23.6 Å². The lowest BCUT2D eigenvalue weighted by Gasteiger charge is -2.26. The quantitative estimate of drug-likeness (QED) is 0.120. The summed E-state index contributed by atoms with van der Waals surface area (Å²) in [6.45, 7) is 1.24. The van der Waals surface area contributed by atoms with Crippen LogP contribution in [0.3, 0.4) is 0 Å². The number of nitrogens with one attached hydrogen (secondary N) is 4. The number of aliphatic hydroxyl groups excluding tert-OH is 1. The fourth-order valence-corrected chi connectivity index (χ4v) is 3.29. The number of imidazole rings is 1. The monoisotopic (exact) mass is 501 g/mol. The van der Waals surface area contributed by atoms with E-state index in [1.54, 1.807) is 0 Å². The molecule has 0 aliphatic rings. The average molecular weight is 502 g/mol. The molecule has 0 fully saturated rings. The van der Waals surface area contributed by atoms with Gasteiger partial charge >= 0.3 is 5.97 Å². The molecule has 5 atom stereocenters. The minimum atomic E-state index is -1.56. The van der Waals surface area contributed by atoms with Crippen molar-refractivity contribution in [3.05, 3.63) is 18.2 Å². The van der Waals surface area contributed by atoms with Gasteiger partial charge in [-0.3, -0.25) is 19.2 Å². The number of primary amides is 1. The molecule has 0 aliphatic heterocycles. The maximum atomic E-state index is 12.7. The second-order valence-electron chi connectivity index (χ2n) is 7.53. The number of aliphatic carboxylic acids is 1. The van der Waals surface area contributed by atoms with Gasteiger partial charge in [0.15, 0.2) is 0 Å². The van der Waals surface area contributed by atoms with Crippen LogP contribution in [-0.4, -0.2) is 92.1 Å². The normalized spacial score (nSPS) is 15.3. The molecule has 0 saturated carbocycles. The largest absolute Gasteiger partial charge is 0.480 e. The van der Waals surface area contributed by atoms with E-state index < -0.39 is 66.3 Å². The van der Waals surface area contributed by atoms with Crippen molar-refractivity contribution in [2.45, 2.75) is 56.5 Å². The number of amides is 4. The molecule has 4 amide bonds. The molecule has 0 aromatic carbocycles. The fourth-order valence-electron chi connectivity index (χ4n) is 2.80. The molecular formula is C19H31N7O7S.